The molecule has 1 fully saturated rings. The monoisotopic (exact) mass is 438 g/mol. The Morgan fingerprint density at radius 2 is 1.66 bits per heavy atom. The van der Waals surface area contributed by atoms with Crippen LogP contribution >= 0.6 is 0 Å². The predicted octanol–water partition coefficient (Wildman–Crippen LogP) is 2.06. The first-order valence-corrected chi connectivity index (χ1v) is 10.4. The van der Waals surface area contributed by atoms with Crippen LogP contribution in [-0.4, -0.2) is 59.3 Å². The number of fused-ring (bicyclic) bond motifs is 1. The molecular formula is C23H23FN4O4. The van der Waals surface area contributed by atoms with Gasteiger partial charge < -0.3 is 14.5 Å². The fourth-order valence-corrected chi connectivity index (χ4v) is 3.79. The largest absolute Gasteiger partial charge is 0.451 e. The zero-order valence-electron chi connectivity index (χ0n) is 17.7. The predicted molar refractivity (Wildman–Crippen MR) is 117 cm³/mol. The summed E-state index contributed by atoms with van der Waals surface area (Å²) in [5, 5.41) is 4.88. The molecule has 166 valence electrons. The SMILES string of the molecule is CCn1nc(C(=O)OCC(=O)N2CCN(c3ccccc3F)CC2)c2ccccc2c1=O. The molecule has 0 bridgehead atoms. The molecule has 0 aliphatic carbocycles. The van der Waals surface area contributed by atoms with Gasteiger partial charge in [0.15, 0.2) is 12.3 Å². The number of rotatable bonds is 5. The second-order valence-corrected chi connectivity index (χ2v) is 7.41. The minimum atomic E-state index is -0.762. The Morgan fingerprint density at radius 3 is 2.34 bits per heavy atom. The van der Waals surface area contributed by atoms with Gasteiger partial charge in [-0.05, 0) is 25.1 Å². The highest BCUT2D eigenvalue weighted by Gasteiger charge is 2.24. The highest BCUT2D eigenvalue weighted by atomic mass is 19.1. The van der Waals surface area contributed by atoms with Crippen LogP contribution in [-0.2, 0) is 16.1 Å². The summed E-state index contributed by atoms with van der Waals surface area (Å²) < 4.78 is 20.4. The zero-order valence-corrected chi connectivity index (χ0v) is 17.7. The summed E-state index contributed by atoms with van der Waals surface area (Å²) in [5.41, 5.74) is 0.220. The van der Waals surface area contributed by atoms with E-state index in [1.807, 2.05) is 4.90 Å². The lowest BCUT2D eigenvalue weighted by Crippen LogP contribution is -2.50. The van der Waals surface area contributed by atoms with Crippen LogP contribution in [0.15, 0.2) is 53.3 Å². The van der Waals surface area contributed by atoms with E-state index in [0.29, 0.717) is 49.2 Å². The van der Waals surface area contributed by atoms with Crippen LogP contribution in [0.1, 0.15) is 17.4 Å². The number of carbonyl (C=O) groups is 2. The Balaban J connectivity index is 1.40. The number of benzene rings is 2. The van der Waals surface area contributed by atoms with Gasteiger partial charge >= 0.3 is 5.97 Å². The molecule has 1 saturated heterocycles. The second-order valence-electron chi connectivity index (χ2n) is 7.41. The number of hydrogen-bond donors (Lipinski definition) is 0. The molecule has 0 atom stereocenters. The van der Waals surface area contributed by atoms with Crippen molar-refractivity contribution < 1.29 is 18.7 Å². The zero-order chi connectivity index (χ0) is 22.7. The maximum absolute atomic E-state index is 14.0. The minimum Gasteiger partial charge on any atom is -0.451 e. The van der Waals surface area contributed by atoms with Crippen LogP contribution in [0.2, 0.25) is 0 Å². The van der Waals surface area contributed by atoms with Crippen molar-refractivity contribution in [2.45, 2.75) is 13.5 Å². The summed E-state index contributed by atoms with van der Waals surface area (Å²) in [5.74, 6) is -1.39. The first kappa shape index (κ1) is 21.5. The number of amides is 1. The molecule has 1 aliphatic heterocycles. The first-order valence-electron chi connectivity index (χ1n) is 10.4. The van der Waals surface area contributed by atoms with Gasteiger partial charge in [-0.15, -0.1) is 0 Å². The molecule has 3 aromatic rings. The second kappa shape index (κ2) is 9.17. The van der Waals surface area contributed by atoms with Crippen molar-refractivity contribution in [1.82, 2.24) is 14.7 Å². The van der Waals surface area contributed by atoms with Crippen LogP contribution in [0.25, 0.3) is 10.8 Å². The number of ether oxygens (including phenoxy) is 1. The average molecular weight is 438 g/mol. The molecule has 1 aliphatic rings. The van der Waals surface area contributed by atoms with Gasteiger partial charge in [-0.25, -0.2) is 13.9 Å². The van der Waals surface area contributed by atoms with Crippen LogP contribution in [0.4, 0.5) is 10.1 Å². The number of hydrogen-bond acceptors (Lipinski definition) is 6. The lowest BCUT2D eigenvalue weighted by Gasteiger charge is -2.36. The maximum atomic E-state index is 14.0. The van der Waals surface area contributed by atoms with Gasteiger partial charge in [0.05, 0.1) is 11.1 Å². The third-order valence-electron chi connectivity index (χ3n) is 5.51. The van der Waals surface area contributed by atoms with Gasteiger partial charge in [-0.1, -0.05) is 30.3 Å². The van der Waals surface area contributed by atoms with Crippen molar-refractivity contribution in [2.24, 2.45) is 0 Å². The molecule has 0 N–H and O–H groups in total. The minimum absolute atomic E-state index is 0.000720. The number of aromatic nitrogens is 2. The van der Waals surface area contributed by atoms with E-state index in [1.54, 1.807) is 54.3 Å². The molecule has 2 heterocycles. The van der Waals surface area contributed by atoms with Gasteiger partial charge in [-0.2, -0.15) is 5.10 Å². The molecule has 1 amide bonds. The third-order valence-corrected chi connectivity index (χ3v) is 5.51. The normalized spacial score (nSPS) is 13.9. The third kappa shape index (κ3) is 4.18. The molecule has 4 rings (SSSR count). The van der Waals surface area contributed by atoms with Gasteiger partial charge in [-0.3, -0.25) is 9.59 Å². The summed E-state index contributed by atoms with van der Waals surface area (Å²) in [6, 6.07) is 13.2. The van der Waals surface area contributed by atoms with Gasteiger partial charge in [0.1, 0.15) is 5.82 Å². The van der Waals surface area contributed by atoms with E-state index >= 15 is 0 Å². The molecule has 2 aromatic carbocycles. The number of para-hydroxylation sites is 1. The van der Waals surface area contributed by atoms with Crippen molar-refractivity contribution >= 4 is 28.3 Å². The van der Waals surface area contributed by atoms with Crippen molar-refractivity contribution in [1.29, 1.82) is 0 Å². The molecule has 32 heavy (non-hydrogen) atoms. The molecule has 0 spiro atoms. The number of halogens is 1. The van der Waals surface area contributed by atoms with Gasteiger partial charge in [0, 0.05) is 38.1 Å². The fourth-order valence-electron chi connectivity index (χ4n) is 3.79. The Bertz CT molecular complexity index is 1220. The van der Waals surface area contributed by atoms with Crippen molar-refractivity contribution in [3.63, 3.8) is 0 Å². The smallest absolute Gasteiger partial charge is 0.359 e. The molecule has 0 radical (unpaired) electrons. The standard InChI is InChI=1S/C23H23FN4O4/c1-2-28-22(30)17-8-4-3-7-16(17)21(25-28)23(31)32-15-20(29)27-13-11-26(12-14-27)19-10-6-5-9-18(19)24/h3-10H,2,11-15H2,1H3. The van der Waals surface area contributed by atoms with Crippen LogP contribution in [0, 0.1) is 5.82 Å². The van der Waals surface area contributed by atoms with E-state index in [4.69, 9.17) is 4.74 Å². The topological polar surface area (TPSA) is 84.7 Å². The Morgan fingerprint density at radius 1 is 1.00 bits per heavy atom. The van der Waals surface area contributed by atoms with E-state index in [2.05, 4.69) is 5.10 Å². The Kier molecular flexibility index (Phi) is 6.16. The number of aryl methyl sites for hydroxylation is 1. The van der Waals surface area contributed by atoms with E-state index in [-0.39, 0.29) is 23.0 Å². The number of carbonyl (C=O) groups excluding carboxylic acids is 2. The summed E-state index contributed by atoms with van der Waals surface area (Å²) in [4.78, 5) is 41.1. The van der Waals surface area contributed by atoms with Crippen molar-refractivity contribution in [2.75, 3.05) is 37.7 Å². The average Bonchev–Trinajstić information content (AvgIpc) is 2.83. The Labute approximate surface area is 183 Å². The van der Waals surface area contributed by atoms with E-state index < -0.39 is 12.6 Å². The number of nitrogens with zero attached hydrogens (tertiary/aromatic N) is 4. The maximum Gasteiger partial charge on any atom is 0.359 e. The van der Waals surface area contributed by atoms with Crippen LogP contribution in [0.5, 0.6) is 0 Å². The number of esters is 1. The summed E-state index contributed by atoms with van der Waals surface area (Å²) >= 11 is 0. The van der Waals surface area contributed by atoms with Gasteiger partial charge in [0.2, 0.25) is 0 Å². The molecule has 8 nitrogen and oxygen atoms in total. The van der Waals surface area contributed by atoms with Crippen molar-refractivity contribution in [3.05, 3.63) is 70.4 Å². The molecule has 1 aromatic heterocycles. The lowest BCUT2D eigenvalue weighted by atomic mass is 10.1. The first-order chi connectivity index (χ1) is 15.5. The highest BCUT2D eigenvalue weighted by Crippen LogP contribution is 2.20. The summed E-state index contributed by atoms with van der Waals surface area (Å²) in [7, 11) is 0. The quantitative estimate of drug-likeness (QED) is 0.567. The Hall–Kier alpha value is -3.75. The molecule has 0 unspecified atom stereocenters. The molecule has 0 saturated carbocycles. The molecule has 9 heteroatoms. The van der Waals surface area contributed by atoms with Crippen molar-refractivity contribution in [3.8, 4) is 0 Å². The summed E-state index contributed by atoms with van der Waals surface area (Å²) in [6.07, 6.45) is 0. The van der Waals surface area contributed by atoms with Crippen LogP contribution in [0.3, 0.4) is 0 Å². The fraction of sp³-hybridized carbons (Fsp3) is 0.304. The summed E-state index contributed by atoms with van der Waals surface area (Å²) in [6.45, 7) is 3.37. The van der Waals surface area contributed by atoms with Gasteiger partial charge in [0.25, 0.3) is 11.5 Å². The molecular weight excluding hydrogens is 415 g/mol. The lowest BCUT2D eigenvalue weighted by molar-refractivity contribution is -0.134. The van der Waals surface area contributed by atoms with E-state index in [0.717, 1.165) is 0 Å². The van der Waals surface area contributed by atoms with Crippen LogP contribution < -0.4 is 10.5 Å². The highest BCUT2D eigenvalue weighted by molar-refractivity contribution is 6.02. The van der Waals surface area contributed by atoms with E-state index in [9.17, 15) is 18.8 Å². The number of anilines is 1. The van der Waals surface area contributed by atoms with E-state index in [1.165, 1.54) is 10.7 Å². The number of piperazine rings is 1.